The Bertz CT molecular complexity index is 1590. The maximum absolute atomic E-state index is 13.5. The Labute approximate surface area is 219 Å². The zero-order valence-corrected chi connectivity index (χ0v) is 21.4. The predicted octanol–water partition coefficient (Wildman–Crippen LogP) is 5.14. The van der Waals surface area contributed by atoms with E-state index in [0.29, 0.717) is 29.0 Å². The fraction of sp³-hybridized carbons (Fsp3) is 0.233. The third-order valence-electron chi connectivity index (χ3n) is 7.37. The molecule has 3 heterocycles. The van der Waals surface area contributed by atoms with Crippen LogP contribution in [-0.4, -0.2) is 40.5 Å². The van der Waals surface area contributed by atoms with E-state index in [2.05, 4.69) is 9.97 Å². The monoisotopic (exact) mass is 509 g/mol. The molecule has 8 heteroatoms. The average molecular weight is 510 g/mol. The highest BCUT2D eigenvalue weighted by Gasteiger charge is 2.48. The van der Waals surface area contributed by atoms with E-state index in [-0.39, 0.29) is 17.3 Å². The maximum Gasteiger partial charge on any atom is 0.302 e. The van der Waals surface area contributed by atoms with Crippen molar-refractivity contribution in [1.29, 1.82) is 0 Å². The molecule has 4 aromatic rings. The minimum atomic E-state index is -0.893. The molecule has 1 fully saturated rings. The number of imidazole rings is 1. The van der Waals surface area contributed by atoms with E-state index in [4.69, 9.17) is 9.47 Å². The van der Waals surface area contributed by atoms with Gasteiger partial charge in [-0.3, -0.25) is 14.5 Å². The molecular formula is C30H27N3O5. The number of rotatable bonds is 4. The Morgan fingerprint density at radius 2 is 1.84 bits per heavy atom. The number of ketones is 1. The standard InChI is InChI=1S/C30H27N3O5/c1-16-13-22-23(14-17(16)2)32-30(31-22)33-26(18-6-9-21(37-3)10-7-18)25(28(35)29(33)36)27(34)20-8-11-24-19(15-20)5-4-12-38-24/h6-11,13-15,26,34H,4-5,12H2,1-3H3,(H,31,32)/b27-25+. The van der Waals surface area contributed by atoms with Crippen LogP contribution in [0.2, 0.25) is 0 Å². The van der Waals surface area contributed by atoms with Gasteiger partial charge in [-0.25, -0.2) is 4.98 Å². The first-order valence-electron chi connectivity index (χ1n) is 12.5. The number of aliphatic hydroxyl groups excluding tert-OH is 1. The minimum Gasteiger partial charge on any atom is -0.507 e. The number of aryl methyl sites for hydroxylation is 3. The van der Waals surface area contributed by atoms with Crippen LogP contribution >= 0.6 is 0 Å². The normalized spacial score (nSPS) is 18.5. The van der Waals surface area contributed by atoms with Crippen LogP contribution < -0.4 is 14.4 Å². The highest BCUT2D eigenvalue weighted by atomic mass is 16.5. The molecule has 0 bridgehead atoms. The van der Waals surface area contributed by atoms with E-state index >= 15 is 0 Å². The van der Waals surface area contributed by atoms with E-state index < -0.39 is 17.7 Å². The first kappa shape index (κ1) is 23.8. The molecule has 3 aromatic carbocycles. The summed E-state index contributed by atoms with van der Waals surface area (Å²) in [6.45, 7) is 4.65. The van der Waals surface area contributed by atoms with Gasteiger partial charge in [0, 0.05) is 5.56 Å². The van der Waals surface area contributed by atoms with Gasteiger partial charge in [0.25, 0.3) is 5.78 Å². The molecule has 8 nitrogen and oxygen atoms in total. The topological polar surface area (TPSA) is 105 Å². The Morgan fingerprint density at radius 1 is 1.08 bits per heavy atom. The van der Waals surface area contributed by atoms with Gasteiger partial charge in [0.2, 0.25) is 5.95 Å². The number of benzene rings is 3. The summed E-state index contributed by atoms with van der Waals surface area (Å²) in [4.78, 5) is 36.3. The smallest absolute Gasteiger partial charge is 0.302 e. The molecule has 1 unspecified atom stereocenters. The number of methoxy groups -OCH3 is 1. The van der Waals surface area contributed by atoms with Gasteiger partial charge >= 0.3 is 5.91 Å². The minimum absolute atomic E-state index is 0.00432. The number of nitrogens with zero attached hydrogens (tertiary/aromatic N) is 2. The number of carbonyl (C=O) groups is 2. The number of ether oxygens (including phenoxy) is 2. The quantitative estimate of drug-likeness (QED) is 0.224. The van der Waals surface area contributed by atoms with Gasteiger partial charge in [-0.15, -0.1) is 0 Å². The van der Waals surface area contributed by atoms with E-state index in [1.54, 1.807) is 43.5 Å². The summed E-state index contributed by atoms with van der Waals surface area (Å²) in [6.07, 6.45) is 1.68. The van der Waals surface area contributed by atoms with Crippen molar-refractivity contribution in [1.82, 2.24) is 9.97 Å². The second kappa shape index (κ2) is 9.06. The van der Waals surface area contributed by atoms with Gasteiger partial charge in [0.05, 0.1) is 36.4 Å². The molecule has 0 spiro atoms. The van der Waals surface area contributed by atoms with Gasteiger partial charge in [-0.05, 0) is 91.4 Å². The number of anilines is 1. The molecule has 2 aliphatic heterocycles. The number of aromatic amines is 1. The number of fused-ring (bicyclic) bond motifs is 2. The number of H-pyrrole nitrogens is 1. The molecule has 0 radical (unpaired) electrons. The highest BCUT2D eigenvalue weighted by molar-refractivity contribution is 6.51. The number of hydrogen-bond donors (Lipinski definition) is 2. The van der Waals surface area contributed by atoms with Crippen molar-refractivity contribution in [2.24, 2.45) is 0 Å². The van der Waals surface area contributed by atoms with Crippen LogP contribution in [0.15, 0.2) is 60.2 Å². The third-order valence-corrected chi connectivity index (χ3v) is 7.37. The molecule has 2 aliphatic rings. The second-order valence-electron chi connectivity index (χ2n) is 9.73. The van der Waals surface area contributed by atoms with Crippen LogP contribution in [0.4, 0.5) is 5.95 Å². The average Bonchev–Trinajstić information content (AvgIpc) is 3.45. The first-order valence-corrected chi connectivity index (χ1v) is 12.5. The van der Waals surface area contributed by atoms with Crippen molar-refractivity contribution >= 4 is 34.4 Å². The molecule has 1 amide bonds. The van der Waals surface area contributed by atoms with Gasteiger partial charge in [-0.1, -0.05) is 12.1 Å². The number of hydrogen-bond acceptors (Lipinski definition) is 6. The Kier molecular flexibility index (Phi) is 5.67. The summed E-state index contributed by atoms with van der Waals surface area (Å²) in [6, 6.07) is 15.4. The lowest BCUT2D eigenvalue weighted by Gasteiger charge is -2.23. The number of aliphatic hydroxyl groups is 1. The first-order chi connectivity index (χ1) is 18.4. The van der Waals surface area contributed by atoms with Crippen LogP contribution in [0.5, 0.6) is 11.5 Å². The molecule has 1 saturated heterocycles. The van der Waals surface area contributed by atoms with E-state index in [9.17, 15) is 14.7 Å². The van der Waals surface area contributed by atoms with Gasteiger partial charge in [-0.2, -0.15) is 0 Å². The molecule has 0 aliphatic carbocycles. The molecule has 1 aromatic heterocycles. The van der Waals surface area contributed by atoms with Crippen LogP contribution in [0.3, 0.4) is 0 Å². The molecule has 38 heavy (non-hydrogen) atoms. The molecular weight excluding hydrogens is 482 g/mol. The molecule has 2 N–H and O–H groups in total. The van der Waals surface area contributed by atoms with Crippen LogP contribution in [0.25, 0.3) is 16.8 Å². The van der Waals surface area contributed by atoms with Crippen molar-refractivity contribution in [3.05, 3.63) is 88.0 Å². The van der Waals surface area contributed by atoms with Crippen LogP contribution in [-0.2, 0) is 16.0 Å². The number of amides is 1. The fourth-order valence-electron chi connectivity index (χ4n) is 5.19. The summed E-state index contributed by atoms with van der Waals surface area (Å²) >= 11 is 0. The zero-order chi connectivity index (χ0) is 26.6. The van der Waals surface area contributed by atoms with E-state index in [1.807, 2.05) is 32.0 Å². The lowest BCUT2D eigenvalue weighted by atomic mass is 9.94. The van der Waals surface area contributed by atoms with Crippen LogP contribution in [0.1, 0.15) is 40.3 Å². The summed E-state index contributed by atoms with van der Waals surface area (Å²) in [5.41, 5.74) is 5.66. The van der Waals surface area contributed by atoms with Crippen LogP contribution in [0, 0.1) is 13.8 Å². The predicted molar refractivity (Wildman–Crippen MR) is 144 cm³/mol. The summed E-state index contributed by atoms with van der Waals surface area (Å²) in [5.74, 6) is -0.122. The lowest BCUT2D eigenvalue weighted by Crippen LogP contribution is -2.30. The van der Waals surface area contributed by atoms with Crippen molar-refractivity contribution in [2.45, 2.75) is 32.7 Å². The number of carbonyl (C=O) groups excluding carboxylic acids is 2. The van der Waals surface area contributed by atoms with Gasteiger partial charge < -0.3 is 19.6 Å². The van der Waals surface area contributed by atoms with E-state index in [0.717, 1.165) is 40.8 Å². The number of nitrogens with one attached hydrogen (secondary N) is 1. The number of Topliss-reactive ketones (excluding diaryl/α,β-unsaturated/α-hetero) is 1. The van der Waals surface area contributed by atoms with Crippen molar-refractivity contribution < 1.29 is 24.2 Å². The third kappa shape index (κ3) is 3.80. The Balaban J connectivity index is 1.53. The molecule has 0 saturated carbocycles. The second-order valence-corrected chi connectivity index (χ2v) is 9.73. The van der Waals surface area contributed by atoms with Crippen molar-refractivity contribution in [3.63, 3.8) is 0 Å². The molecule has 6 rings (SSSR count). The highest BCUT2D eigenvalue weighted by Crippen LogP contribution is 2.42. The fourth-order valence-corrected chi connectivity index (χ4v) is 5.19. The molecule has 1 atom stereocenters. The van der Waals surface area contributed by atoms with E-state index in [1.165, 1.54) is 4.90 Å². The summed E-state index contributed by atoms with van der Waals surface area (Å²) < 4.78 is 11.0. The van der Waals surface area contributed by atoms with Crippen molar-refractivity contribution in [3.8, 4) is 11.5 Å². The van der Waals surface area contributed by atoms with Gasteiger partial charge in [0.1, 0.15) is 17.3 Å². The summed E-state index contributed by atoms with van der Waals surface area (Å²) in [5, 5.41) is 11.5. The number of aromatic nitrogens is 2. The SMILES string of the molecule is COc1ccc(C2/C(=C(\O)c3ccc4c(c3)CCCO4)C(=O)C(=O)N2c2nc3cc(C)c(C)cc3[nH]2)cc1. The largest absolute Gasteiger partial charge is 0.507 e. The summed E-state index contributed by atoms with van der Waals surface area (Å²) in [7, 11) is 1.57. The Hall–Kier alpha value is -4.59. The zero-order valence-electron chi connectivity index (χ0n) is 21.4. The maximum atomic E-state index is 13.5. The Morgan fingerprint density at radius 3 is 2.61 bits per heavy atom. The lowest BCUT2D eigenvalue weighted by molar-refractivity contribution is -0.132. The van der Waals surface area contributed by atoms with Gasteiger partial charge in [0.15, 0.2) is 0 Å². The molecule has 192 valence electrons. The van der Waals surface area contributed by atoms with Crippen molar-refractivity contribution in [2.75, 3.05) is 18.6 Å².